The number of hydrogen-bond donors (Lipinski definition) is 2. The van der Waals surface area contributed by atoms with Crippen molar-refractivity contribution in [1.29, 1.82) is 0 Å². The van der Waals surface area contributed by atoms with E-state index >= 15 is 0 Å². The summed E-state index contributed by atoms with van der Waals surface area (Å²) in [6, 6.07) is 4.53. The van der Waals surface area contributed by atoms with Crippen LogP contribution in [0.15, 0.2) is 12.1 Å². The Morgan fingerprint density at radius 3 is 2.88 bits per heavy atom. The predicted octanol–water partition coefficient (Wildman–Crippen LogP) is 2.39. The van der Waals surface area contributed by atoms with E-state index in [9.17, 15) is 5.11 Å². The van der Waals surface area contributed by atoms with Gasteiger partial charge >= 0.3 is 0 Å². The maximum absolute atomic E-state index is 9.96. The van der Waals surface area contributed by atoms with Gasteiger partial charge < -0.3 is 15.2 Å². The zero-order valence-corrected chi connectivity index (χ0v) is 10.6. The number of aromatic hydroxyl groups is 1. The molecule has 1 atom stereocenters. The molecular weight excluding hydrogens is 214 g/mol. The molecule has 1 saturated heterocycles. The number of ether oxygens (including phenoxy) is 1. The smallest absolute Gasteiger partial charge is 0.163 e. The molecule has 1 aliphatic rings. The minimum atomic E-state index is 0.279. The number of hydrogen-bond acceptors (Lipinski definition) is 3. The van der Waals surface area contributed by atoms with Gasteiger partial charge in [-0.25, -0.2) is 0 Å². The monoisotopic (exact) mass is 235 g/mol. The van der Waals surface area contributed by atoms with E-state index in [1.54, 1.807) is 7.11 Å². The molecule has 0 aromatic heterocycles. The lowest BCUT2D eigenvalue weighted by atomic mass is 9.96. The van der Waals surface area contributed by atoms with Crippen LogP contribution < -0.4 is 10.1 Å². The van der Waals surface area contributed by atoms with E-state index in [1.165, 1.54) is 19.3 Å². The number of methoxy groups -OCH3 is 1. The lowest BCUT2D eigenvalue weighted by molar-refractivity contribution is 0.357. The summed E-state index contributed by atoms with van der Waals surface area (Å²) in [6.45, 7) is 2.99. The average Bonchev–Trinajstić information content (AvgIpc) is 2.36. The van der Waals surface area contributed by atoms with Crippen LogP contribution in [-0.4, -0.2) is 24.8 Å². The van der Waals surface area contributed by atoms with Crippen molar-refractivity contribution in [1.82, 2.24) is 5.32 Å². The molecule has 0 bridgehead atoms. The first-order valence-electron chi connectivity index (χ1n) is 6.31. The lowest BCUT2D eigenvalue weighted by Gasteiger charge is -2.24. The van der Waals surface area contributed by atoms with Gasteiger partial charge in [0.2, 0.25) is 0 Å². The van der Waals surface area contributed by atoms with Crippen molar-refractivity contribution in [2.45, 2.75) is 38.6 Å². The van der Waals surface area contributed by atoms with Gasteiger partial charge in [-0.3, -0.25) is 0 Å². The van der Waals surface area contributed by atoms with E-state index in [2.05, 4.69) is 11.4 Å². The van der Waals surface area contributed by atoms with E-state index in [0.29, 0.717) is 11.8 Å². The fraction of sp³-hybridized carbons (Fsp3) is 0.571. The van der Waals surface area contributed by atoms with E-state index in [0.717, 1.165) is 24.1 Å². The molecular formula is C14H21NO2. The van der Waals surface area contributed by atoms with Crippen LogP contribution in [0.25, 0.3) is 0 Å². The number of nitrogens with one attached hydrogen (secondary N) is 1. The highest BCUT2D eigenvalue weighted by atomic mass is 16.5. The molecule has 1 heterocycles. The number of rotatable bonds is 3. The van der Waals surface area contributed by atoms with E-state index in [1.807, 2.05) is 13.0 Å². The summed E-state index contributed by atoms with van der Waals surface area (Å²) in [6.07, 6.45) is 4.69. The molecule has 2 N–H and O–H groups in total. The molecule has 1 aliphatic heterocycles. The first-order chi connectivity index (χ1) is 8.22. The second kappa shape index (κ2) is 5.41. The third-order valence-corrected chi connectivity index (χ3v) is 3.50. The van der Waals surface area contributed by atoms with Crippen molar-refractivity contribution in [3.05, 3.63) is 23.3 Å². The van der Waals surface area contributed by atoms with Gasteiger partial charge in [0.05, 0.1) is 7.11 Å². The van der Waals surface area contributed by atoms with Gasteiger partial charge in [0.25, 0.3) is 0 Å². The quantitative estimate of drug-likeness (QED) is 0.845. The number of piperidine rings is 1. The number of aryl methyl sites for hydroxylation is 1. The van der Waals surface area contributed by atoms with Crippen LogP contribution >= 0.6 is 0 Å². The molecule has 0 aliphatic carbocycles. The van der Waals surface area contributed by atoms with Crippen LogP contribution in [0.3, 0.4) is 0 Å². The molecule has 3 nitrogen and oxygen atoms in total. The molecule has 0 amide bonds. The van der Waals surface area contributed by atoms with Crippen LogP contribution in [0.4, 0.5) is 0 Å². The van der Waals surface area contributed by atoms with E-state index in [4.69, 9.17) is 4.74 Å². The van der Waals surface area contributed by atoms with Crippen molar-refractivity contribution in [3.8, 4) is 11.5 Å². The molecule has 17 heavy (non-hydrogen) atoms. The molecule has 1 aromatic rings. The summed E-state index contributed by atoms with van der Waals surface area (Å²) < 4.78 is 5.32. The topological polar surface area (TPSA) is 41.5 Å². The second-order valence-corrected chi connectivity index (χ2v) is 4.77. The zero-order chi connectivity index (χ0) is 12.3. The summed E-state index contributed by atoms with van der Waals surface area (Å²) in [7, 11) is 1.62. The van der Waals surface area contributed by atoms with Gasteiger partial charge in [-0.15, -0.1) is 0 Å². The zero-order valence-electron chi connectivity index (χ0n) is 10.6. The standard InChI is InChI=1S/C14H21NO2/c1-10-6-7-11(14(17-2)13(10)16)9-12-5-3-4-8-15-12/h6-7,12,15-16H,3-5,8-9H2,1-2H3. The van der Waals surface area contributed by atoms with Crippen molar-refractivity contribution in [2.75, 3.05) is 13.7 Å². The molecule has 0 radical (unpaired) electrons. The molecule has 2 rings (SSSR count). The highest BCUT2D eigenvalue weighted by molar-refractivity contribution is 5.50. The highest BCUT2D eigenvalue weighted by Crippen LogP contribution is 2.34. The Morgan fingerprint density at radius 1 is 1.41 bits per heavy atom. The summed E-state index contributed by atoms with van der Waals surface area (Å²) >= 11 is 0. The Hall–Kier alpha value is -1.22. The Kier molecular flexibility index (Phi) is 3.89. The fourth-order valence-corrected chi connectivity index (χ4v) is 2.46. The Morgan fingerprint density at radius 2 is 2.24 bits per heavy atom. The predicted molar refractivity (Wildman–Crippen MR) is 68.7 cm³/mol. The molecule has 0 saturated carbocycles. The Balaban J connectivity index is 2.17. The van der Waals surface area contributed by atoms with Crippen LogP contribution in [0.2, 0.25) is 0 Å². The second-order valence-electron chi connectivity index (χ2n) is 4.77. The Labute approximate surface area is 103 Å². The highest BCUT2D eigenvalue weighted by Gasteiger charge is 2.17. The molecule has 1 unspecified atom stereocenters. The molecule has 94 valence electrons. The van der Waals surface area contributed by atoms with Crippen LogP contribution in [0.5, 0.6) is 11.5 Å². The molecule has 0 spiro atoms. The minimum absolute atomic E-state index is 0.279. The number of phenolic OH excluding ortho intramolecular Hbond substituents is 1. The summed E-state index contributed by atoms with van der Waals surface area (Å²) in [5.41, 5.74) is 1.96. The molecule has 1 fully saturated rings. The van der Waals surface area contributed by atoms with Crippen molar-refractivity contribution < 1.29 is 9.84 Å². The van der Waals surface area contributed by atoms with Gasteiger partial charge in [0, 0.05) is 6.04 Å². The van der Waals surface area contributed by atoms with Crippen LogP contribution in [0.1, 0.15) is 30.4 Å². The molecule has 1 aromatic carbocycles. The van der Waals surface area contributed by atoms with Crippen molar-refractivity contribution in [3.63, 3.8) is 0 Å². The SMILES string of the molecule is COc1c(CC2CCCCN2)ccc(C)c1O. The first kappa shape index (κ1) is 12.2. The lowest BCUT2D eigenvalue weighted by Crippen LogP contribution is -2.35. The van der Waals surface area contributed by atoms with Crippen molar-refractivity contribution in [2.24, 2.45) is 0 Å². The van der Waals surface area contributed by atoms with Gasteiger partial charge in [-0.05, 0) is 43.9 Å². The summed E-state index contributed by atoms with van der Waals surface area (Å²) in [5, 5.41) is 13.5. The minimum Gasteiger partial charge on any atom is -0.504 e. The van der Waals surface area contributed by atoms with Crippen LogP contribution in [0, 0.1) is 6.92 Å². The number of phenols is 1. The summed E-state index contributed by atoms with van der Waals surface area (Å²) in [5.74, 6) is 0.915. The van der Waals surface area contributed by atoms with Crippen molar-refractivity contribution >= 4 is 0 Å². The summed E-state index contributed by atoms with van der Waals surface area (Å²) in [4.78, 5) is 0. The van der Waals surface area contributed by atoms with Gasteiger partial charge in [0.1, 0.15) is 0 Å². The first-order valence-corrected chi connectivity index (χ1v) is 6.31. The normalized spacial score (nSPS) is 20.2. The van der Waals surface area contributed by atoms with Gasteiger partial charge in [-0.1, -0.05) is 18.6 Å². The third-order valence-electron chi connectivity index (χ3n) is 3.50. The largest absolute Gasteiger partial charge is 0.504 e. The Bertz CT molecular complexity index is 384. The van der Waals surface area contributed by atoms with Gasteiger partial charge in [0.15, 0.2) is 11.5 Å². The third kappa shape index (κ3) is 2.72. The van der Waals surface area contributed by atoms with Gasteiger partial charge in [-0.2, -0.15) is 0 Å². The number of benzene rings is 1. The van der Waals surface area contributed by atoms with Crippen LogP contribution in [-0.2, 0) is 6.42 Å². The molecule has 3 heteroatoms. The van der Waals surface area contributed by atoms with E-state index < -0.39 is 0 Å². The maximum Gasteiger partial charge on any atom is 0.163 e. The average molecular weight is 235 g/mol. The fourth-order valence-electron chi connectivity index (χ4n) is 2.46. The maximum atomic E-state index is 9.96. The van der Waals surface area contributed by atoms with E-state index in [-0.39, 0.29) is 5.75 Å².